The maximum atomic E-state index is 12.0. The molecule has 6 heteroatoms. The van der Waals surface area contributed by atoms with Crippen LogP contribution < -0.4 is 10.6 Å². The van der Waals surface area contributed by atoms with Crippen molar-refractivity contribution >= 4 is 28.6 Å². The number of rotatable bonds is 1. The molecule has 1 aliphatic heterocycles. The fourth-order valence-electron chi connectivity index (χ4n) is 3.21. The van der Waals surface area contributed by atoms with Gasteiger partial charge < -0.3 is 15.4 Å². The molecule has 1 aliphatic rings. The highest BCUT2D eigenvalue weighted by Gasteiger charge is 2.35. The van der Waals surface area contributed by atoms with E-state index in [2.05, 4.69) is 4.98 Å². The fraction of sp³-hybridized carbons (Fsp3) is 0.312. The number of aromatic nitrogens is 1. The highest BCUT2D eigenvalue weighted by molar-refractivity contribution is 5.98. The third kappa shape index (κ3) is 2.26. The number of ether oxygens (including phenoxy) is 1. The summed E-state index contributed by atoms with van der Waals surface area (Å²) in [5.41, 5.74) is 7.53. The summed E-state index contributed by atoms with van der Waals surface area (Å²) in [6.45, 7) is 3.46. The Labute approximate surface area is 127 Å². The maximum absolute atomic E-state index is 12.0. The number of anilines is 1. The van der Waals surface area contributed by atoms with Crippen molar-refractivity contribution in [3.63, 3.8) is 0 Å². The molecule has 2 unspecified atom stereocenters. The van der Waals surface area contributed by atoms with Crippen LogP contribution in [-0.4, -0.2) is 23.0 Å². The lowest BCUT2D eigenvalue weighted by Crippen LogP contribution is -2.43. The van der Waals surface area contributed by atoms with Gasteiger partial charge in [0.05, 0.1) is 11.2 Å². The topological polar surface area (TPSA) is 85.5 Å². The Morgan fingerprint density at radius 2 is 2.14 bits per heavy atom. The number of nitrogens with zero attached hydrogens (tertiary/aromatic N) is 2. The number of nitrogens with two attached hydrogens (primary N) is 1. The summed E-state index contributed by atoms with van der Waals surface area (Å²) in [6.07, 6.45) is 0.905. The van der Waals surface area contributed by atoms with Crippen LogP contribution >= 0.6 is 0 Å². The number of fused-ring (bicyclic) bond motifs is 3. The van der Waals surface area contributed by atoms with Gasteiger partial charge in [0, 0.05) is 36.5 Å². The molecule has 0 bridgehead atoms. The second-order valence-electron chi connectivity index (χ2n) is 5.47. The van der Waals surface area contributed by atoms with Crippen LogP contribution in [0, 0.1) is 0 Å². The van der Waals surface area contributed by atoms with Gasteiger partial charge in [-0.25, -0.2) is 4.79 Å². The molecular weight excluding hydrogens is 282 g/mol. The molecule has 0 saturated carbocycles. The Balaban J connectivity index is 2.26. The van der Waals surface area contributed by atoms with Gasteiger partial charge in [0.25, 0.3) is 0 Å². The fourth-order valence-corrected chi connectivity index (χ4v) is 3.21. The molecule has 0 fully saturated rings. The van der Waals surface area contributed by atoms with Gasteiger partial charge in [-0.2, -0.15) is 0 Å². The van der Waals surface area contributed by atoms with E-state index < -0.39 is 12.2 Å². The number of hydrogen-bond acceptors (Lipinski definition) is 4. The van der Waals surface area contributed by atoms with E-state index in [-0.39, 0.29) is 11.9 Å². The highest BCUT2D eigenvalue weighted by Crippen LogP contribution is 2.42. The average Bonchev–Trinajstić information content (AvgIpc) is 2.45. The van der Waals surface area contributed by atoms with Crippen molar-refractivity contribution in [2.24, 2.45) is 5.73 Å². The minimum Gasteiger partial charge on any atom is -0.441 e. The first kappa shape index (κ1) is 14.3. The zero-order valence-electron chi connectivity index (χ0n) is 12.4. The molecule has 1 aromatic heterocycles. The molecule has 1 aromatic carbocycles. The van der Waals surface area contributed by atoms with Crippen molar-refractivity contribution in [1.29, 1.82) is 0 Å². The van der Waals surface area contributed by atoms with Crippen LogP contribution in [0.1, 0.15) is 31.9 Å². The predicted molar refractivity (Wildman–Crippen MR) is 82.4 cm³/mol. The zero-order valence-corrected chi connectivity index (χ0v) is 12.4. The molecule has 2 heterocycles. The molecule has 0 spiro atoms. The Kier molecular flexibility index (Phi) is 3.44. The smallest absolute Gasteiger partial charge is 0.405 e. The molecule has 6 nitrogen and oxygen atoms in total. The number of carbonyl (C=O) groups excluding carboxylic acids is 2. The Hall–Kier alpha value is -2.63. The summed E-state index contributed by atoms with van der Waals surface area (Å²) in [5, 5.41) is 0.865. The van der Waals surface area contributed by atoms with Gasteiger partial charge in [-0.3, -0.25) is 9.78 Å². The summed E-state index contributed by atoms with van der Waals surface area (Å²) < 4.78 is 5.30. The summed E-state index contributed by atoms with van der Waals surface area (Å²) >= 11 is 0. The molecule has 2 amide bonds. The minimum absolute atomic E-state index is 0.0467. The van der Waals surface area contributed by atoms with Crippen LogP contribution in [0.4, 0.5) is 10.5 Å². The van der Waals surface area contributed by atoms with Gasteiger partial charge in [0.2, 0.25) is 5.91 Å². The number of pyridine rings is 1. The molecule has 0 aliphatic carbocycles. The largest absolute Gasteiger partial charge is 0.441 e. The lowest BCUT2D eigenvalue weighted by atomic mass is 9.90. The average molecular weight is 299 g/mol. The van der Waals surface area contributed by atoms with E-state index in [0.717, 1.165) is 22.2 Å². The van der Waals surface area contributed by atoms with Crippen molar-refractivity contribution in [3.8, 4) is 0 Å². The summed E-state index contributed by atoms with van der Waals surface area (Å²) in [7, 11) is 0. The van der Waals surface area contributed by atoms with E-state index in [1.165, 1.54) is 6.92 Å². The number of hydrogen-bond donors (Lipinski definition) is 1. The normalized spacial score (nSPS) is 20.5. The second-order valence-corrected chi connectivity index (χ2v) is 5.47. The van der Waals surface area contributed by atoms with Crippen LogP contribution in [0.2, 0.25) is 0 Å². The Bertz CT molecular complexity index is 759. The van der Waals surface area contributed by atoms with Crippen molar-refractivity contribution in [2.75, 3.05) is 4.90 Å². The van der Waals surface area contributed by atoms with Crippen LogP contribution in [0.25, 0.3) is 10.9 Å². The monoisotopic (exact) mass is 299 g/mol. The third-order valence-corrected chi connectivity index (χ3v) is 3.98. The quantitative estimate of drug-likeness (QED) is 0.876. The van der Waals surface area contributed by atoms with Crippen molar-refractivity contribution in [2.45, 2.75) is 32.4 Å². The first-order valence-corrected chi connectivity index (χ1v) is 7.12. The van der Waals surface area contributed by atoms with Gasteiger partial charge in [0.15, 0.2) is 0 Å². The number of benzene rings is 1. The molecule has 2 atom stereocenters. The molecular formula is C16H17N3O3. The van der Waals surface area contributed by atoms with E-state index in [0.29, 0.717) is 6.42 Å². The van der Waals surface area contributed by atoms with Gasteiger partial charge in [-0.15, -0.1) is 0 Å². The van der Waals surface area contributed by atoms with E-state index in [9.17, 15) is 9.59 Å². The molecule has 114 valence electrons. The van der Waals surface area contributed by atoms with E-state index >= 15 is 0 Å². The van der Waals surface area contributed by atoms with Crippen LogP contribution in [0.3, 0.4) is 0 Å². The molecule has 0 saturated heterocycles. The van der Waals surface area contributed by atoms with Crippen molar-refractivity contribution in [1.82, 2.24) is 4.98 Å². The van der Waals surface area contributed by atoms with Gasteiger partial charge in [-0.05, 0) is 25.1 Å². The van der Waals surface area contributed by atoms with Crippen molar-refractivity contribution < 1.29 is 14.3 Å². The van der Waals surface area contributed by atoms with Gasteiger partial charge >= 0.3 is 6.09 Å². The van der Waals surface area contributed by atoms with Crippen LogP contribution in [-0.2, 0) is 9.53 Å². The molecule has 0 radical (unpaired) electrons. The SMILES string of the molecule is CC(=O)N1c2ccc3ncccc3c2C(OC(N)=O)CC1C. The number of carbonyl (C=O) groups is 2. The molecule has 2 aromatic rings. The third-order valence-electron chi connectivity index (χ3n) is 3.98. The minimum atomic E-state index is -0.819. The second kappa shape index (κ2) is 5.29. The van der Waals surface area contributed by atoms with E-state index in [1.807, 2.05) is 31.2 Å². The maximum Gasteiger partial charge on any atom is 0.405 e. The van der Waals surface area contributed by atoms with E-state index in [4.69, 9.17) is 10.5 Å². The lowest BCUT2D eigenvalue weighted by molar-refractivity contribution is -0.117. The molecule has 2 N–H and O–H groups in total. The highest BCUT2D eigenvalue weighted by atomic mass is 16.6. The molecule has 22 heavy (non-hydrogen) atoms. The van der Waals surface area contributed by atoms with Crippen LogP contribution in [0.5, 0.6) is 0 Å². The number of amides is 2. The summed E-state index contributed by atoms with van der Waals surface area (Å²) in [5.74, 6) is -0.0467. The van der Waals surface area contributed by atoms with Crippen LogP contribution in [0.15, 0.2) is 30.5 Å². The standard InChI is InChI=1S/C16H17N3O3/c1-9-8-14(22-16(17)21)15-11-4-3-7-18-12(11)5-6-13(15)19(9)10(2)20/h3-7,9,14H,8H2,1-2H3,(H2,17,21). The predicted octanol–water partition coefficient (Wildman–Crippen LogP) is 2.52. The summed E-state index contributed by atoms with van der Waals surface area (Å²) in [4.78, 5) is 29.3. The van der Waals surface area contributed by atoms with Gasteiger partial charge in [-0.1, -0.05) is 6.07 Å². The van der Waals surface area contributed by atoms with E-state index in [1.54, 1.807) is 11.1 Å². The Morgan fingerprint density at radius 1 is 1.36 bits per heavy atom. The first-order valence-electron chi connectivity index (χ1n) is 7.12. The first-order chi connectivity index (χ1) is 10.5. The van der Waals surface area contributed by atoms with Crippen molar-refractivity contribution in [3.05, 3.63) is 36.0 Å². The molecule has 3 rings (SSSR count). The lowest BCUT2D eigenvalue weighted by Gasteiger charge is -2.38. The Morgan fingerprint density at radius 3 is 2.82 bits per heavy atom. The van der Waals surface area contributed by atoms with Gasteiger partial charge in [0.1, 0.15) is 6.10 Å². The number of primary amides is 1. The summed E-state index contributed by atoms with van der Waals surface area (Å²) in [6, 6.07) is 7.36. The zero-order chi connectivity index (χ0) is 15.9.